The fraction of sp³-hybridized carbons (Fsp3) is 0.360. The van der Waals surface area contributed by atoms with Crippen LogP contribution in [0.15, 0.2) is 52.4 Å². The van der Waals surface area contributed by atoms with Crippen molar-refractivity contribution in [2.75, 3.05) is 26.7 Å². The summed E-state index contributed by atoms with van der Waals surface area (Å²) in [6, 6.07) is 3.15. The lowest BCUT2D eigenvalue weighted by Crippen LogP contribution is -2.55. The van der Waals surface area contributed by atoms with Crippen LogP contribution in [0.5, 0.6) is 0 Å². The zero-order chi connectivity index (χ0) is 22.0. The lowest BCUT2D eigenvalue weighted by molar-refractivity contribution is -0.146. The average molecular weight is 432 g/mol. The van der Waals surface area contributed by atoms with E-state index in [1.54, 1.807) is 17.0 Å². The van der Waals surface area contributed by atoms with Crippen molar-refractivity contribution >= 4 is 23.3 Å². The fourth-order valence-electron chi connectivity index (χ4n) is 5.36. The van der Waals surface area contributed by atoms with Crippen LogP contribution in [-0.4, -0.2) is 59.3 Å². The second-order valence-electron chi connectivity index (χ2n) is 9.27. The Hall–Kier alpha value is -3.19. The fourth-order valence-corrected chi connectivity index (χ4v) is 5.36. The highest BCUT2D eigenvalue weighted by molar-refractivity contribution is 6.20. The maximum atomic E-state index is 14.4. The maximum absolute atomic E-state index is 14.4. The van der Waals surface area contributed by atoms with Gasteiger partial charge in [0.05, 0.1) is 17.5 Å². The van der Waals surface area contributed by atoms with Gasteiger partial charge in [0.25, 0.3) is 0 Å². The zero-order valence-electron chi connectivity index (χ0n) is 17.9. The lowest BCUT2D eigenvalue weighted by atomic mass is 9.82. The Morgan fingerprint density at radius 3 is 2.88 bits per heavy atom. The summed E-state index contributed by atoms with van der Waals surface area (Å²) in [4.78, 5) is 16.5. The first-order chi connectivity index (χ1) is 15.5. The second-order valence-corrected chi connectivity index (χ2v) is 9.27. The molecular formula is C25H25FN4O2. The van der Waals surface area contributed by atoms with Crippen molar-refractivity contribution in [2.24, 2.45) is 11.0 Å². The normalized spacial score (nSPS) is 24.1. The molecule has 1 unspecified atom stereocenters. The highest BCUT2D eigenvalue weighted by atomic mass is 19.1. The van der Waals surface area contributed by atoms with E-state index in [1.165, 1.54) is 5.57 Å². The van der Waals surface area contributed by atoms with Crippen LogP contribution in [-0.2, 0) is 4.79 Å². The van der Waals surface area contributed by atoms with Crippen molar-refractivity contribution in [3.05, 3.63) is 69.8 Å². The molecule has 0 saturated carbocycles. The number of allylic oxidation sites excluding steroid dienone is 3. The number of benzene rings is 1. The van der Waals surface area contributed by atoms with Crippen molar-refractivity contribution in [2.45, 2.75) is 25.4 Å². The monoisotopic (exact) mass is 432 g/mol. The molecule has 0 bridgehead atoms. The predicted molar refractivity (Wildman–Crippen MR) is 121 cm³/mol. The number of hydrogen-bond donors (Lipinski definition) is 2. The van der Waals surface area contributed by atoms with Crippen LogP contribution >= 0.6 is 0 Å². The number of carbonyl (C=O) groups excluding carboxylic acids is 1. The number of hydrogen-bond acceptors (Lipinski definition) is 5. The summed E-state index contributed by atoms with van der Waals surface area (Å²) in [5.41, 5.74) is 11.0. The number of aliphatic hydroxyl groups excluding tert-OH is 1. The van der Waals surface area contributed by atoms with Gasteiger partial charge >= 0.3 is 0 Å². The van der Waals surface area contributed by atoms with Gasteiger partial charge in [-0.25, -0.2) is 4.39 Å². The quantitative estimate of drug-likeness (QED) is 0.754. The number of nitrogens with zero attached hydrogens (tertiary/aromatic N) is 3. The number of amides is 1. The van der Waals surface area contributed by atoms with Crippen molar-refractivity contribution in [3.8, 4) is 0 Å². The van der Waals surface area contributed by atoms with E-state index in [9.17, 15) is 14.3 Å². The molecule has 6 nitrogen and oxygen atoms in total. The van der Waals surface area contributed by atoms with Gasteiger partial charge in [-0.1, -0.05) is 12.2 Å². The second kappa shape index (κ2) is 7.17. The summed E-state index contributed by atoms with van der Waals surface area (Å²) >= 11 is 0. The number of halogens is 1. The molecule has 0 aromatic heterocycles. The first-order valence-corrected chi connectivity index (χ1v) is 11.2. The minimum atomic E-state index is -0.370. The van der Waals surface area contributed by atoms with Crippen LogP contribution in [0.4, 0.5) is 4.39 Å². The molecule has 7 heteroatoms. The Balaban J connectivity index is 1.35. The van der Waals surface area contributed by atoms with E-state index in [0.29, 0.717) is 19.5 Å². The number of fused-ring (bicyclic) bond motifs is 2. The Bertz CT molecular complexity index is 1190. The summed E-state index contributed by atoms with van der Waals surface area (Å²) in [5.74, 6) is -0.124. The van der Waals surface area contributed by atoms with Gasteiger partial charge in [0.1, 0.15) is 5.82 Å². The summed E-state index contributed by atoms with van der Waals surface area (Å²) in [6.07, 6.45) is 10.0. The highest BCUT2D eigenvalue weighted by Crippen LogP contribution is 2.40. The Morgan fingerprint density at radius 2 is 2.12 bits per heavy atom. The standard InChI is InChI=1S/C25H25FN4O2/c1-29-12-20(14-2-4-15(5-3-14)25(32)30-10-18(31)11-30)24-21(13-29)19-9-17(26)8-16-6-7-22(23(16)19)27-28-24/h2,6-9,13,15,18,28,31H,3-5,10-12H2,1H3. The van der Waals surface area contributed by atoms with Crippen LogP contribution in [0, 0.1) is 11.7 Å². The molecule has 164 valence electrons. The molecule has 1 atom stereocenters. The molecule has 3 aliphatic heterocycles. The van der Waals surface area contributed by atoms with E-state index in [2.05, 4.69) is 27.7 Å². The molecule has 2 N–H and O–H groups in total. The zero-order valence-corrected chi connectivity index (χ0v) is 17.9. The van der Waals surface area contributed by atoms with Gasteiger partial charge in [0.2, 0.25) is 5.91 Å². The van der Waals surface area contributed by atoms with Crippen LogP contribution in [0.1, 0.15) is 36.0 Å². The summed E-state index contributed by atoms with van der Waals surface area (Å²) in [6.45, 7) is 1.64. The third kappa shape index (κ3) is 3.03. The summed E-state index contributed by atoms with van der Waals surface area (Å²) in [7, 11) is 2.03. The number of nitrogens with one attached hydrogen (secondary N) is 1. The van der Waals surface area contributed by atoms with Crippen LogP contribution in [0.3, 0.4) is 0 Å². The van der Waals surface area contributed by atoms with Gasteiger partial charge in [-0.3, -0.25) is 10.2 Å². The number of likely N-dealkylation sites (tertiary alicyclic amines) is 1. The molecule has 6 rings (SSSR count). The molecule has 3 heterocycles. The first-order valence-electron chi connectivity index (χ1n) is 11.2. The molecule has 1 aromatic rings. The van der Waals surface area contributed by atoms with Gasteiger partial charge in [0, 0.05) is 49.9 Å². The smallest absolute Gasteiger partial charge is 0.226 e. The maximum Gasteiger partial charge on any atom is 0.226 e. The first kappa shape index (κ1) is 19.5. The number of β-amino-alcohol motifs (C(OH)–C–C–N with tert-alkyl or cyclic N) is 1. The molecule has 0 spiro atoms. The molecule has 0 radical (unpaired) electrons. The lowest BCUT2D eigenvalue weighted by Gasteiger charge is -2.39. The molecule has 1 saturated heterocycles. The largest absolute Gasteiger partial charge is 0.389 e. The predicted octanol–water partition coefficient (Wildman–Crippen LogP) is 2.63. The van der Waals surface area contributed by atoms with Gasteiger partial charge < -0.3 is 14.9 Å². The Labute approximate surface area is 186 Å². The van der Waals surface area contributed by atoms with Crippen molar-refractivity contribution < 1.29 is 14.3 Å². The van der Waals surface area contributed by atoms with Crippen molar-refractivity contribution in [1.29, 1.82) is 0 Å². The molecule has 5 aliphatic rings. The van der Waals surface area contributed by atoms with Gasteiger partial charge in [-0.2, -0.15) is 5.10 Å². The van der Waals surface area contributed by atoms with E-state index in [4.69, 9.17) is 0 Å². The SMILES string of the molecule is CN1C=C2C(=C(C3=CCC(C(=O)N4CC(O)C4)CC3)C1)NN=C1C=Cc3cc(F)cc2c31. The molecule has 1 amide bonds. The summed E-state index contributed by atoms with van der Waals surface area (Å²) in [5, 5.41) is 14.1. The van der Waals surface area contributed by atoms with E-state index in [1.807, 2.05) is 19.2 Å². The van der Waals surface area contributed by atoms with E-state index < -0.39 is 0 Å². The van der Waals surface area contributed by atoms with Gasteiger partial charge in [0.15, 0.2) is 0 Å². The van der Waals surface area contributed by atoms with Crippen LogP contribution in [0.25, 0.3) is 11.6 Å². The number of likely N-dealkylation sites (N-methyl/N-ethyl adjacent to an activating group) is 1. The number of carbonyl (C=O) groups is 1. The molecule has 1 aromatic carbocycles. The van der Waals surface area contributed by atoms with Crippen LogP contribution in [0.2, 0.25) is 0 Å². The molecular weight excluding hydrogens is 407 g/mol. The van der Waals surface area contributed by atoms with Gasteiger partial charge in [-0.15, -0.1) is 0 Å². The van der Waals surface area contributed by atoms with Crippen LogP contribution < -0.4 is 5.43 Å². The third-order valence-corrected chi connectivity index (χ3v) is 7.04. The molecule has 2 aliphatic carbocycles. The number of aliphatic hydroxyl groups is 1. The van der Waals surface area contributed by atoms with Gasteiger partial charge in [-0.05, 0) is 59.7 Å². The molecule has 32 heavy (non-hydrogen) atoms. The topological polar surface area (TPSA) is 68.2 Å². The minimum absolute atomic E-state index is 0.0204. The van der Waals surface area contributed by atoms with Crippen molar-refractivity contribution in [1.82, 2.24) is 15.2 Å². The number of hydrazone groups is 1. The average Bonchev–Trinajstić information content (AvgIpc) is 3.10. The van der Waals surface area contributed by atoms with E-state index in [0.717, 1.165) is 58.6 Å². The van der Waals surface area contributed by atoms with E-state index >= 15 is 0 Å². The molecule has 1 fully saturated rings. The summed E-state index contributed by atoms with van der Waals surface area (Å²) < 4.78 is 14.4. The van der Waals surface area contributed by atoms with E-state index in [-0.39, 0.29) is 23.7 Å². The number of rotatable bonds is 2. The Morgan fingerprint density at radius 1 is 1.28 bits per heavy atom. The van der Waals surface area contributed by atoms with Crippen molar-refractivity contribution in [3.63, 3.8) is 0 Å². The highest BCUT2D eigenvalue weighted by Gasteiger charge is 2.35. The third-order valence-electron chi connectivity index (χ3n) is 7.04. The Kier molecular flexibility index (Phi) is 4.37. The minimum Gasteiger partial charge on any atom is -0.389 e.